The van der Waals surface area contributed by atoms with Crippen LogP contribution in [-0.4, -0.2) is 40.7 Å². The van der Waals surface area contributed by atoms with Crippen molar-refractivity contribution in [3.05, 3.63) is 21.9 Å². The van der Waals surface area contributed by atoms with Crippen LogP contribution in [-0.2, 0) is 22.6 Å². The molecule has 1 aliphatic carbocycles. The molecular formula is C16H20N2O2S. The first-order valence-corrected chi connectivity index (χ1v) is 8.76. The second-order valence-corrected chi connectivity index (χ2v) is 7.34. The Balaban J connectivity index is 1.48. The van der Waals surface area contributed by atoms with Crippen molar-refractivity contribution in [3.8, 4) is 0 Å². The summed E-state index contributed by atoms with van der Waals surface area (Å²) in [6.07, 6.45) is 4.79. The number of amides is 2. The van der Waals surface area contributed by atoms with Gasteiger partial charge in [0.2, 0.25) is 11.8 Å². The van der Waals surface area contributed by atoms with E-state index < -0.39 is 0 Å². The molecule has 1 aromatic heterocycles. The zero-order valence-corrected chi connectivity index (χ0v) is 12.9. The largest absolute Gasteiger partial charge is 0.336 e. The minimum Gasteiger partial charge on any atom is -0.336 e. The third kappa shape index (κ3) is 2.37. The Morgan fingerprint density at radius 3 is 2.81 bits per heavy atom. The lowest BCUT2D eigenvalue weighted by molar-refractivity contribution is -0.145. The fraction of sp³-hybridized carbons (Fsp3) is 0.625. The number of carbonyl (C=O) groups is 2. The predicted molar refractivity (Wildman–Crippen MR) is 80.9 cm³/mol. The molecule has 1 atom stereocenters. The average Bonchev–Trinajstić information content (AvgIpc) is 3.06. The quantitative estimate of drug-likeness (QED) is 0.839. The van der Waals surface area contributed by atoms with Crippen molar-refractivity contribution in [2.24, 2.45) is 5.92 Å². The highest BCUT2D eigenvalue weighted by atomic mass is 32.1. The van der Waals surface area contributed by atoms with Gasteiger partial charge in [-0.05, 0) is 49.1 Å². The number of rotatable bonds is 2. The lowest BCUT2D eigenvalue weighted by atomic mass is 10.1. The first-order chi connectivity index (χ1) is 10.2. The predicted octanol–water partition coefficient (Wildman–Crippen LogP) is 2.03. The van der Waals surface area contributed by atoms with Gasteiger partial charge in [0.25, 0.3) is 0 Å². The fourth-order valence-corrected chi connectivity index (χ4v) is 4.39. The van der Waals surface area contributed by atoms with Gasteiger partial charge in [0.15, 0.2) is 0 Å². The summed E-state index contributed by atoms with van der Waals surface area (Å²) in [6, 6.07) is 1.93. The molecule has 3 heterocycles. The number of fused-ring (bicyclic) bond motifs is 1. The van der Waals surface area contributed by atoms with Crippen LogP contribution in [0.15, 0.2) is 11.4 Å². The number of likely N-dealkylation sites (tertiary alicyclic amines) is 1. The molecule has 1 saturated carbocycles. The molecule has 1 saturated heterocycles. The van der Waals surface area contributed by atoms with Gasteiger partial charge in [-0.1, -0.05) is 0 Å². The van der Waals surface area contributed by atoms with E-state index in [1.165, 1.54) is 10.4 Å². The molecule has 0 unspecified atom stereocenters. The second kappa shape index (κ2) is 5.13. The van der Waals surface area contributed by atoms with Crippen LogP contribution >= 0.6 is 11.3 Å². The van der Waals surface area contributed by atoms with Gasteiger partial charge in [0, 0.05) is 30.4 Å². The number of nitrogens with zero attached hydrogens (tertiary/aromatic N) is 2. The zero-order chi connectivity index (χ0) is 14.4. The first kappa shape index (κ1) is 13.3. The van der Waals surface area contributed by atoms with Crippen molar-refractivity contribution < 1.29 is 9.59 Å². The highest BCUT2D eigenvalue weighted by Gasteiger charge is 2.42. The Bertz CT molecular complexity index is 579. The van der Waals surface area contributed by atoms with E-state index in [1.807, 2.05) is 9.80 Å². The van der Waals surface area contributed by atoms with Gasteiger partial charge in [-0.25, -0.2) is 0 Å². The summed E-state index contributed by atoms with van der Waals surface area (Å²) >= 11 is 1.79. The van der Waals surface area contributed by atoms with E-state index in [9.17, 15) is 9.59 Å². The second-order valence-electron chi connectivity index (χ2n) is 6.34. The molecular weight excluding hydrogens is 284 g/mol. The van der Waals surface area contributed by atoms with Crippen LogP contribution in [0.5, 0.6) is 0 Å². The summed E-state index contributed by atoms with van der Waals surface area (Å²) in [7, 11) is 0. The molecule has 0 bridgehead atoms. The number of hydrogen-bond donors (Lipinski definition) is 0. The van der Waals surface area contributed by atoms with Crippen LogP contribution in [0.2, 0.25) is 0 Å². The van der Waals surface area contributed by atoms with E-state index in [4.69, 9.17) is 0 Å². The summed E-state index contributed by atoms with van der Waals surface area (Å²) in [5.74, 6) is 0.598. The van der Waals surface area contributed by atoms with E-state index in [1.54, 1.807) is 11.3 Å². The van der Waals surface area contributed by atoms with Crippen LogP contribution in [0.1, 0.15) is 36.1 Å². The molecule has 3 aliphatic rings. The molecule has 0 aromatic carbocycles. The number of carbonyl (C=O) groups excluding carboxylic acids is 2. The molecule has 0 N–H and O–H groups in total. The van der Waals surface area contributed by atoms with Gasteiger partial charge < -0.3 is 9.80 Å². The van der Waals surface area contributed by atoms with E-state index in [2.05, 4.69) is 11.4 Å². The Hall–Kier alpha value is -1.36. The molecule has 4 nitrogen and oxygen atoms in total. The lowest BCUT2D eigenvalue weighted by Gasteiger charge is -2.32. The lowest BCUT2D eigenvalue weighted by Crippen LogP contribution is -2.49. The van der Waals surface area contributed by atoms with Gasteiger partial charge in [-0.3, -0.25) is 9.59 Å². The Morgan fingerprint density at radius 1 is 1.14 bits per heavy atom. The van der Waals surface area contributed by atoms with Gasteiger partial charge in [0.1, 0.15) is 6.04 Å². The smallest absolute Gasteiger partial charge is 0.245 e. The maximum atomic E-state index is 12.8. The highest BCUT2D eigenvalue weighted by molar-refractivity contribution is 7.10. The minimum absolute atomic E-state index is 0.165. The molecule has 0 spiro atoms. The third-order valence-electron chi connectivity index (χ3n) is 4.87. The van der Waals surface area contributed by atoms with Gasteiger partial charge >= 0.3 is 0 Å². The fourth-order valence-electron chi connectivity index (χ4n) is 3.50. The molecule has 2 fully saturated rings. The Morgan fingerprint density at radius 2 is 2.00 bits per heavy atom. The van der Waals surface area contributed by atoms with Crippen molar-refractivity contribution in [2.75, 3.05) is 13.1 Å². The van der Waals surface area contributed by atoms with E-state index in [0.717, 1.165) is 51.7 Å². The highest BCUT2D eigenvalue weighted by Crippen LogP contribution is 2.34. The Labute approximate surface area is 128 Å². The number of hydrogen-bond acceptors (Lipinski definition) is 3. The average molecular weight is 304 g/mol. The van der Waals surface area contributed by atoms with Crippen molar-refractivity contribution in [1.29, 1.82) is 0 Å². The summed E-state index contributed by atoms with van der Waals surface area (Å²) in [5.41, 5.74) is 1.29. The summed E-state index contributed by atoms with van der Waals surface area (Å²) in [6.45, 7) is 2.29. The van der Waals surface area contributed by atoms with Crippen molar-refractivity contribution >= 4 is 23.2 Å². The normalized spacial score (nSPS) is 25.0. The van der Waals surface area contributed by atoms with E-state index in [0.29, 0.717) is 0 Å². The first-order valence-electron chi connectivity index (χ1n) is 7.88. The molecule has 0 radical (unpaired) electrons. The van der Waals surface area contributed by atoms with Crippen LogP contribution in [0.3, 0.4) is 0 Å². The maximum Gasteiger partial charge on any atom is 0.245 e. The van der Waals surface area contributed by atoms with Gasteiger partial charge in [-0.2, -0.15) is 0 Å². The van der Waals surface area contributed by atoms with Crippen molar-refractivity contribution in [1.82, 2.24) is 9.80 Å². The van der Waals surface area contributed by atoms with E-state index >= 15 is 0 Å². The van der Waals surface area contributed by atoms with Gasteiger partial charge in [-0.15, -0.1) is 11.3 Å². The molecule has 2 amide bonds. The van der Waals surface area contributed by atoms with Crippen LogP contribution in [0, 0.1) is 5.92 Å². The molecule has 21 heavy (non-hydrogen) atoms. The third-order valence-corrected chi connectivity index (χ3v) is 5.89. The van der Waals surface area contributed by atoms with Crippen molar-refractivity contribution in [2.45, 2.75) is 44.7 Å². The zero-order valence-electron chi connectivity index (χ0n) is 12.1. The van der Waals surface area contributed by atoms with Crippen LogP contribution in [0.25, 0.3) is 0 Å². The minimum atomic E-state index is -0.196. The van der Waals surface area contributed by atoms with Crippen molar-refractivity contribution in [3.63, 3.8) is 0 Å². The summed E-state index contributed by atoms with van der Waals surface area (Å²) in [5, 5.41) is 2.11. The van der Waals surface area contributed by atoms with Crippen LogP contribution in [0.4, 0.5) is 0 Å². The number of thiophene rings is 1. The molecule has 5 heteroatoms. The summed E-state index contributed by atoms with van der Waals surface area (Å²) < 4.78 is 0. The molecule has 2 aliphatic heterocycles. The standard InChI is InChI=1S/C16H20N2O2S/c19-15(11-3-4-11)18-7-1-2-13(18)16(20)17-8-5-14-12(10-17)6-9-21-14/h6,9,11,13H,1-5,7-8,10H2/t13-/m0/s1. The monoisotopic (exact) mass is 304 g/mol. The SMILES string of the molecule is O=C([C@@H]1CCCN1C(=O)C1CC1)N1CCc2sccc2C1. The maximum absolute atomic E-state index is 12.8. The Kier molecular flexibility index (Phi) is 3.25. The van der Waals surface area contributed by atoms with E-state index in [-0.39, 0.29) is 23.8 Å². The molecule has 112 valence electrons. The topological polar surface area (TPSA) is 40.6 Å². The molecule has 1 aromatic rings. The van der Waals surface area contributed by atoms with Gasteiger partial charge in [0.05, 0.1) is 0 Å². The summed E-state index contributed by atoms with van der Waals surface area (Å²) in [4.78, 5) is 30.4. The van der Waals surface area contributed by atoms with Crippen LogP contribution < -0.4 is 0 Å². The molecule has 4 rings (SSSR count).